The van der Waals surface area contributed by atoms with E-state index < -0.39 is 0 Å². The molecule has 1 nitrogen and oxygen atoms in total. The van der Waals surface area contributed by atoms with Gasteiger partial charge < -0.3 is 0 Å². The minimum Gasteiger partial charge on any atom is -0.239 e. The largest absolute Gasteiger partial charge is 0.239 e. The zero-order chi connectivity index (χ0) is 15.8. The molecule has 22 heavy (non-hydrogen) atoms. The summed E-state index contributed by atoms with van der Waals surface area (Å²) in [7, 11) is 0. The van der Waals surface area contributed by atoms with Gasteiger partial charge in [-0.15, -0.1) is 0 Å². The third-order valence-corrected chi connectivity index (χ3v) is 3.50. The number of hydrogen-bond donors (Lipinski definition) is 0. The average molecular weight is 287 g/mol. The van der Waals surface area contributed by atoms with Crippen molar-refractivity contribution in [2.45, 2.75) is 27.2 Å². The maximum Gasteiger partial charge on any atom is 0.112 e. The molecule has 0 unspecified atom stereocenters. The molecule has 0 aliphatic heterocycles. The van der Waals surface area contributed by atoms with Crippen molar-refractivity contribution in [2.24, 2.45) is 4.99 Å². The van der Waals surface area contributed by atoms with Crippen LogP contribution in [-0.2, 0) is 0 Å². The number of benzene rings is 2. The lowest BCUT2D eigenvalue weighted by molar-refractivity contribution is 1.07. The lowest BCUT2D eigenvalue weighted by Gasteiger charge is -2.08. The lowest BCUT2D eigenvalue weighted by Crippen LogP contribution is -2.04. The van der Waals surface area contributed by atoms with Crippen molar-refractivity contribution in [2.75, 3.05) is 0 Å². The molecule has 0 N–H and O–H groups in total. The molecular weight excluding hydrogens is 266 g/mol. The minimum absolute atomic E-state index is 0.868. The minimum atomic E-state index is 0.868. The second kappa shape index (κ2) is 8.00. The van der Waals surface area contributed by atoms with Gasteiger partial charge in [0.2, 0.25) is 0 Å². The second-order valence-corrected chi connectivity index (χ2v) is 5.05. The van der Waals surface area contributed by atoms with Crippen molar-refractivity contribution in [3.05, 3.63) is 83.1 Å². The Morgan fingerprint density at radius 1 is 0.909 bits per heavy atom. The number of rotatable bonds is 4. The second-order valence-electron chi connectivity index (χ2n) is 5.05. The number of hydrogen-bond acceptors (Lipinski definition) is 1. The van der Waals surface area contributed by atoms with Gasteiger partial charge in [-0.2, -0.15) is 0 Å². The maximum atomic E-state index is 4.90. The van der Waals surface area contributed by atoms with Crippen molar-refractivity contribution in [1.82, 2.24) is 0 Å². The normalized spacial score (nSPS) is 11.0. The molecule has 0 spiro atoms. The van der Waals surface area contributed by atoms with Crippen LogP contribution in [0.25, 0.3) is 0 Å². The summed E-state index contributed by atoms with van der Waals surface area (Å²) < 4.78 is 0. The van der Waals surface area contributed by atoms with Crippen LogP contribution in [0.5, 0.6) is 0 Å². The van der Waals surface area contributed by atoms with Gasteiger partial charge in [-0.05, 0) is 31.8 Å². The van der Waals surface area contributed by atoms with Gasteiger partial charge >= 0.3 is 0 Å². The van der Waals surface area contributed by atoms with Gasteiger partial charge in [0.1, 0.15) is 5.70 Å². The molecule has 2 aromatic rings. The Bertz CT molecular complexity index is 684. The quantitative estimate of drug-likeness (QED) is 0.539. The fourth-order valence-corrected chi connectivity index (χ4v) is 2.12. The first-order valence-electron chi connectivity index (χ1n) is 7.58. The summed E-state index contributed by atoms with van der Waals surface area (Å²) in [5.74, 6) is 6.12. The smallest absolute Gasteiger partial charge is 0.112 e. The van der Waals surface area contributed by atoms with E-state index in [2.05, 4.69) is 50.0 Å². The third-order valence-electron chi connectivity index (χ3n) is 3.50. The van der Waals surface area contributed by atoms with Gasteiger partial charge in [0.25, 0.3) is 0 Å². The molecule has 0 bridgehead atoms. The van der Waals surface area contributed by atoms with E-state index in [1.165, 1.54) is 5.57 Å². The molecule has 2 aromatic carbocycles. The third kappa shape index (κ3) is 3.96. The summed E-state index contributed by atoms with van der Waals surface area (Å²) in [5, 5.41) is 0. The van der Waals surface area contributed by atoms with Gasteiger partial charge in [-0.1, -0.05) is 73.5 Å². The molecule has 0 aliphatic carbocycles. The molecule has 0 radical (unpaired) electrons. The topological polar surface area (TPSA) is 12.4 Å². The lowest BCUT2D eigenvalue weighted by atomic mass is 10.0. The van der Waals surface area contributed by atoms with Crippen molar-refractivity contribution in [3.63, 3.8) is 0 Å². The van der Waals surface area contributed by atoms with E-state index in [0.717, 1.165) is 29.0 Å². The van der Waals surface area contributed by atoms with Crippen LogP contribution in [-0.4, -0.2) is 5.71 Å². The zero-order valence-corrected chi connectivity index (χ0v) is 13.4. The van der Waals surface area contributed by atoms with E-state index >= 15 is 0 Å². The van der Waals surface area contributed by atoms with E-state index in [1.54, 1.807) is 0 Å². The first-order valence-corrected chi connectivity index (χ1v) is 7.58. The summed E-state index contributed by atoms with van der Waals surface area (Å²) >= 11 is 0. The van der Waals surface area contributed by atoms with Crippen LogP contribution >= 0.6 is 0 Å². The van der Waals surface area contributed by atoms with Gasteiger partial charge in [0, 0.05) is 11.1 Å². The molecule has 2 rings (SSSR count). The molecule has 0 atom stereocenters. The molecule has 0 saturated heterocycles. The summed E-state index contributed by atoms with van der Waals surface area (Å²) in [4.78, 5) is 4.90. The van der Waals surface area contributed by atoms with Crippen molar-refractivity contribution < 1.29 is 0 Å². The highest BCUT2D eigenvalue weighted by atomic mass is 14.8. The fraction of sp³-hybridized carbons (Fsp3) is 0.190. The van der Waals surface area contributed by atoms with E-state index in [-0.39, 0.29) is 0 Å². The van der Waals surface area contributed by atoms with Crippen molar-refractivity contribution >= 4 is 5.71 Å². The zero-order valence-electron chi connectivity index (χ0n) is 13.4. The van der Waals surface area contributed by atoms with Crippen molar-refractivity contribution in [3.8, 4) is 11.8 Å². The van der Waals surface area contributed by atoms with Crippen LogP contribution in [0.1, 0.15) is 38.3 Å². The van der Waals surface area contributed by atoms with Crippen LogP contribution in [0.15, 0.2) is 76.9 Å². The number of nitrogens with zero attached hydrogens (tertiary/aromatic N) is 1. The van der Waals surface area contributed by atoms with Gasteiger partial charge in [0.15, 0.2) is 0 Å². The van der Waals surface area contributed by atoms with Crippen LogP contribution < -0.4 is 0 Å². The summed E-state index contributed by atoms with van der Waals surface area (Å²) in [6, 6.07) is 20.5. The van der Waals surface area contributed by atoms with E-state index in [1.807, 2.05) is 43.3 Å². The Balaban J connectivity index is 2.63. The highest BCUT2D eigenvalue weighted by molar-refractivity contribution is 6.13. The maximum absolute atomic E-state index is 4.90. The standard InChI is InChI=1S/C21H21N/c1-4-12-20(17(3)5-2)22-21(18-13-8-6-9-14-18)19-15-10-7-11-16-19/h6-11,13-16H,5H2,1-3H3/b20-17-. The number of allylic oxidation sites excluding steroid dienone is 2. The first-order chi connectivity index (χ1) is 10.8. The molecular formula is C21H21N. The molecule has 0 saturated carbocycles. The van der Waals surface area contributed by atoms with E-state index in [9.17, 15) is 0 Å². The molecule has 1 heteroatoms. The monoisotopic (exact) mass is 287 g/mol. The Morgan fingerprint density at radius 3 is 1.82 bits per heavy atom. The molecule has 0 fully saturated rings. The SMILES string of the molecule is CC#C/C(N=C(c1ccccc1)c1ccccc1)=C(\C)CC. The highest BCUT2D eigenvalue weighted by Crippen LogP contribution is 2.16. The molecule has 0 aliphatic rings. The molecule has 110 valence electrons. The van der Waals surface area contributed by atoms with Crippen molar-refractivity contribution in [1.29, 1.82) is 0 Å². The molecule has 0 amide bonds. The summed E-state index contributed by atoms with van der Waals surface area (Å²) in [5.41, 5.74) is 5.25. The Hall–Kier alpha value is -2.59. The number of aliphatic imine (C=N–C) groups is 1. The van der Waals surface area contributed by atoms with Gasteiger partial charge in [-0.25, -0.2) is 4.99 Å². The Kier molecular flexibility index (Phi) is 5.74. The first kappa shape index (κ1) is 15.8. The fourth-order valence-electron chi connectivity index (χ4n) is 2.12. The molecule has 0 heterocycles. The predicted molar refractivity (Wildman–Crippen MR) is 95.0 cm³/mol. The van der Waals surface area contributed by atoms with Gasteiger partial charge in [0.05, 0.1) is 5.71 Å². The summed E-state index contributed by atoms with van der Waals surface area (Å²) in [6.45, 7) is 6.08. The highest BCUT2D eigenvalue weighted by Gasteiger charge is 2.08. The van der Waals surface area contributed by atoms with Gasteiger partial charge in [-0.3, -0.25) is 0 Å². The van der Waals surface area contributed by atoms with E-state index in [4.69, 9.17) is 4.99 Å². The van der Waals surface area contributed by atoms with E-state index in [0.29, 0.717) is 0 Å². The van der Waals surface area contributed by atoms with Crippen LogP contribution in [0.2, 0.25) is 0 Å². The summed E-state index contributed by atoms with van der Waals surface area (Å²) in [6.07, 6.45) is 0.949. The van der Waals surface area contributed by atoms with Crippen LogP contribution in [0.3, 0.4) is 0 Å². The predicted octanol–water partition coefficient (Wildman–Crippen LogP) is 5.23. The molecule has 0 aromatic heterocycles. The Labute approximate surface area is 133 Å². The van der Waals surface area contributed by atoms with Crippen LogP contribution in [0, 0.1) is 11.8 Å². The van der Waals surface area contributed by atoms with Crippen LogP contribution in [0.4, 0.5) is 0 Å². The Morgan fingerprint density at radius 2 is 1.41 bits per heavy atom. The average Bonchev–Trinajstić information content (AvgIpc) is 2.59.